The molecule has 0 aliphatic rings. The Kier molecular flexibility index (Phi) is 4.97. The third-order valence-electron chi connectivity index (χ3n) is 3.90. The van der Waals surface area contributed by atoms with Crippen LogP contribution in [0.1, 0.15) is 40.5 Å². The predicted octanol–water partition coefficient (Wildman–Crippen LogP) is 2.17. The highest BCUT2D eigenvalue weighted by atomic mass is 16.5. The molecule has 0 rings (SSSR count). The normalized spacial score (nSPS) is 18.1. The number of hydrogen-bond acceptors (Lipinski definition) is 4. The Morgan fingerprint density at radius 3 is 1.25 bits per heavy atom. The summed E-state index contributed by atoms with van der Waals surface area (Å²) in [6.07, 6.45) is 1.05. The Morgan fingerprint density at radius 1 is 0.875 bits per heavy atom. The van der Waals surface area contributed by atoms with Gasteiger partial charge in [0, 0.05) is 0 Å². The zero-order valence-corrected chi connectivity index (χ0v) is 11.0. The van der Waals surface area contributed by atoms with Crippen molar-refractivity contribution in [2.24, 2.45) is 10.8 Å². The van der Waals surface area contributed by atoms with Crippen molar-refractivity contribution in [3.8, 4) is 0 Å². The fraction of sp³-hybridized carbons (Fsp3) is 0.833. The van der Waals surface area contributed by atoms with Crippen molar-refractivity contribution in [3.63, 3.8) is 0 Å². The summed E-state index contributed by atoms with van der Waals surface area (Å²) in [7, 11) is 2.67. The lowest BCUT2D eigenvalue weighted by Gasteiger charge is -2.40. The van der Waals surface area contributed by atoms with E-state index in [1.807, 2.05) is 13.8 Å². The third-order valence-corrected chi connectivity index (χ3v) is 3.90. The number of esters is 2. The van der Waals surface area contributed by atoms with Gasteiger partial charge in [0.2, 0.25) is 0 Å². The average molecular weight is 230 g/mol. The third kappa shape index (κ3) is 2.06. The summed E-state index contributed by atoms with van der Waals surface area (Å²) >= 11 is 0. The lowest BCUT2D eigenvalue weighted by Crippen LogP contribution is -2.49. The first-order valence-electron chi connectivity index (χ1n) is 5.50. The molecule has 0 saturated carbocycles. The summed E-state index contributed by atoms with van der Waals surface area (Å²) in [6, 6.07) is 0. The molecule has 0 aromatic rings. The van der Waals surface area contributed by atoms with E-state index in [1.54, 1.807) is 13.8 Å². The minimum absolute atomic E-state index is 0.371. The molecular weight excluding hydrogens is 208 g/mol. The maximum atomic E-state index is 11.9. The molecule has 4 nitrogen and oxygen atoms in total. The van der Waals surface area contributed by atoms with E-state index in [9.17, 15) is 9.59 Å². The topological polar surface area (TPSA) is 52.6 Å². The van der Waals surface area contributed by atoms with Gasteiger partial charge in [0.1, 0.15) is 0 Å². The van der Waals surface area contributed by atoms with Crippen LogP contribution in [0, 0.1) is 10.8 Å². The maximum absolute atomic E-state index is 11.9. The van der Waals surface area contributed by atoms with Gasteiger partial charge in [-0.1, -0.05) is 13.8 Å². The Balaban J connectivity index is 5.48. The maximum Gasteiger partial charge on any atom is 0.312 e. The van der Waals surface area contributed by atoms with Crippen LogP contribution in [0.2, 0.25) is 0 Å². The first-order valence-corrected chi connectivity index (χ1v) is 5.50. The Morgan fingerprint density at radius 2 is 1.12 bits per heavy atom. The number of rotatable bonds is 5. The van der Waals surface area contributed by atoms with Crippen LogP contribution in [0.3, 0.4) is 0 Å². The number of methoxy groups -OCH3 is 2. The lowest BCUT2D eigenvalue weighted by atomic mass is 9.62. The predicted molar refractivity (Wildman–Crippen MR) is 60.8 cm³/mol. The fourth-order valence-corrected chi connectivity index (χ4v) is 1.97. The van der Waals surface area contributed by atoms with Gasteiger partial charge in [0.25, 0.3) is 0 Å². The van der Waals surface area contributed by atoms with E-state index in [0.29, 0.717) is 12.8 Å². The van der Waals surface area contributed by atoms with Crippen LogP contribution < -0.4 is 0 Å². The van der Waals surface area contributed by atoms with Crippen LogP contribution in [-0.2, 0) is 19.1 Å². The van der Waals surface area contributed by atoms with E-state index in [-0.39, 0.29) is 11.9 Å². The number of hydrogen-bond donors (Lipinski definition) is 0. The average Bonchev–Trinajstić information content (AvgIpc) is 2.34. The van der Waals surface area contributed by atoms with Gasteiger partial charge in [0.15, 0.2) is 0 Å². The molecule has 0 aliphatic carbocycles. The van der Waals surface area contributed by atoms with Crippen LogP contribution >= 0.6 is 0 Å². The molecule has 0 fully saturated rings. The summed E-state index contributed by atoms with van der Waals surface area (Å²) in [5, 5.41) is 0. The molecule has 0 aliphatic heterocycles. The number of carbonyl (C=O) groups is 2. The van der Waals surface area contributed by atoms with E-state index in [1.165, 1.54) is 14.2 Å². The van der Waals surface area contributed by atoms with Crippen LogP contribution in [0.4, 0.5) is 0 Å². The monoisotopic (exact) mass is 230 g/mol. The summed E-state index contributed by atoms with van der Waals surface area (Å²) in [4.78, 5) is 23.7. The van der Waals surface area contributed by atoms with Gasteiger partial charge in [-0.25, -0.2) is 0 Å². The molecule has 16 heavy (non-hydrogen) atoms. The van der Waals surface area contributed by atoms with E-state index in [2.05, 4.69) is 0 Å². The van der Waals surface area contributed by atoms with Crippen molar-refractivity contribution < 1.29 is 19.1 Å². The second-order valence-electron chi connectivity index (χ2n) is 4.35. The van der Waals surface area contributed by atoms with Crippen molar-refractivity contribution in [3.05, 3.63) is 0 Å². The molecule has 2 atom stereocenters. The van der Waals surface area contributed by atoms with E-state index < -0.39 is 10.8 Å². The summed E-state index contributed by atoms with van der Waals surface area (Å²) < 4.78 is 9.60. The second-order valence-corrected chi connectivity index (χ2v) is 4.35. The molecule has 94 valence electrons. The van der Waals surface area contributed by atoms with Gasteiger partial charge in [-0.15, -0.1) is 0 Å². The van der Waals surface area contributed by atoms with Gasteiger partial charge >= 0.3 is 11.9 Å². The molecule has 0 heterocycles. The molecule has 0 radical (unpaired) electrons. The molecule has 0 saturated heterocycles. The molecule has 0 aromatic carbocycles. The highest BCUT2D eigenvalue weighted by Gasteiger charge is 2.54. The Hall–Kier alpha value is -1.06. The van der Waals surface area contributed by atoms with E-state index in [0.717, 1.165) is 0 Å². The van der Waals surface area contributed by atoms with Gasteiger partial charge in [0.05, 0.1) is 25.0 Å². The summed E-state index contributed by atoms with van der Waals surface area (Å²) in [5.74, 6) is -0.741. The fourth-order valence-electron chi connectivity index (χ4n) is 1.97. The van der Waals surface area contributed by atoms with E-state index >= 15 is 0 Å². The zero-order chi connectivity index (χ0) is 13.0. The van der Waals surface area contributed by atoms with Crippen LogP contribution in [0.25, 0.3) is 0 Å². The molecule has 4 heteroatoms. The van der Waals surface area contributed by atoms with Gasteiger partial charge in [-0.3, -0.25) is 9.59 Å². The summed E-state index contributed by atoms with van der Waals surface area (Å²) in [6.45, 7) is 7.24. The zero-order valence-electron chi connectivity index (χ0n) is 11.0. The number of carbonyl (C=O) groups excluding carboxylic acids is 2. The molecule has 0 aromatic heterocycles. The van der Waals surface area contributed by atoms with E-state index in [4.69, 9.17) is 9.47 Å². The lowest BCUT2D eigenvalue weighted by molar-refractivity contribution is -0.176. The second kappa shape index (κ2) is 5.32. The van der Waals surface area contributed by atoms with Crippen molar-refractivity contribution in [2.75, 3.05) is 14.2 Å². The van der Waals surface area contributed by atoms with Crippen molar-refractivity contribution in [2.45, 2.75) is 40.5 Å². The molecule has 2 unspecified atom stereocenters. The first kappa shape index (κ1) is 14.9. The van der Waals surface area contributed by atoms with Gasteiger partial charge in [-0.2, -0.15) is 0 Å². The molecular formula is C12H22O4. The first-order chi connectivity index (χ1) is 7.33. The number of ether oxygens (including phenoxy) is 2. The SMILES string of the molecule is CCC(C)(C(=O)OC)C(C)(CC)C(=O)OC. The van der Waals surface area contributed by atoms with Crippen molar-refractivity contribution in [1.82, 2.24) is 0 Å². The highest BCUT2D eigenvalue weighted by Crippen LogP contribution is 2.46. The minimum Gasteiger partial charge on any atom is -0.469 e. The molecule has 0 spiro atoms. The van der Waals surface area contributed by atoms with Crippen molar-refractivity contribution in [1.29, 1.82) is 0 Å². The minimum atomic E-state index is -0.858. The molecule has 0 N–H and O–H groups in total. The van der Waals surface area contributed by atoms with Crippen LogP contribution in [-0.4, -0.2) is 26.2 Å². The van der Waals surface area contributed by atoms with Gasteiger partial charge in [-0.05, 0) is 26.7 Å². The Bertz CT molecular complexity index is 246. The largest absolute Gasteiger partial charge is 0.469 e. The van der Waals surface area contributed by atoms with Crippen LogP contribution in [0.5, 0.6) is 0 Å². The van der Waals surface area contributed by atoms with Gasteiger partial charge < -0.3 is 9.47 Å². The summed E-state index contributed by atoms with van der Waals surface area (Å²) in [5.41, 5.74) is -1.72. The standard InChI is InChI=1S/C12H22O4/c1-7-11(3,9(13)15-5)12(4,8-2)10(14)16-6/h7-8H2,1-6H3. The van der Waals surface area contributed by atoms with Crippen LogP contribution in [0.15, 0.2) is 0 Å². The smallest absolute Gasteiger partial charge is 0.312 e. The molecule has 0 amide bonds. The van der Waals surface area contributed by atoms with Crippen molar-refractivity contribution >= 4 is 11.9 Å². The quantitative estimate of drug-likeness (QED) is 0.679. The molecule has 0 bridgehead atoms. The highest BCUT2D eigenvalue weighted by molar-refractivity contribution is 5.87. The Labute approximate surface area is 97.3 Å².